The van der Waals surface area contributed by atoms with Gasteiger partial charge in [0.25, 0.3) is 0 Å². The first-order valence-electron chi connectivity index (χ1n) is 7.36. The van der Waals surface area contributed by atoms with E-state index in [2.05, 4.69) is 30.1 Å². The predicted molar refractivity (Wildman–Crippen MR) is 88.7 cm³/mol. The SMILES string of the molecule is CCN(CC)C(=O)Cc1sc(-c2cccc(C)c2)nc1C. The third-order valence-corrected chi connectivity index (χ3v) is 4.79. The summed E-state index contributed by atoms with van der Waals surface area (Å²) in [7, 11) is 0. The Morgan fingerprint density at radius 2 is 1.95 bits per heavy atom. The number of benzene rings is 1. The molecule has 0 radical (unpaired) electrons. The van der Waals surface area contributed by atoms with E-state index >= 15 is 0 Å². The van der Waals surface area contributed by atoms with E-state index in [-0.39, 0.29) is 5.91 Å². The number of carbonyl (C=O) groups is 1. The van der Waals surface area contributed by atoms with E-state index < -0.39 is 0 Å². The number of hydrogen-bond donors (Lipinski definition) is 0. The van der Waals surface area contributed by atoms with Gasteiger partial charge in [0.2, 0.25) is 5.91 Å². The van der Waals surface area contributed by atoms with Crippen LogP contribution < -0.4 is 0 Å². The molecular weight excluding hydrogens is 280 g/mol. The van der Waals surface area contributed by atoms with Crippen molar-refractivity contribution in [1.82, 2.24) is 9.88 Å². The molecule has 0 saturated carbocycles. The maximum Gasteiger partial charge on any atom is 0.227 e. The second-order valence-electron chi connectivity index (χ2n) is 5.14. The van der Waals surface area contributed by atoms with Gasteiger partial charge in [-0.15, -0.1) is 11.3 Å². The quantitative estimate of drug-likeness (QED) is 0.841. The Hall–Kier alpha value is -1.68. The lowest BCUT2D eigenvalue weighted by molar-refractivity contribution is -0.130. The number of aromatic nitrogens is 1. The van der Waals surface area contributed by atoms with Crippen LogP contribution in [0.2, 0.25) is 0 Å². The Balaban J connectivity index is 2.22. The van der Waals surface area contributed by atoms with Gasteiger partial charge < -0.3 is 4.90 Å². The standard InChI is InChI=1S/C17H22N2OS/c1-5-19(6-2)16(20)11-15-13(4)18-17(21-15)14-9-7-8-12(3)10-14/h7-10H,5-6,11H2,1-4H3. The average molecular weight is 302 g/mol. The molecule has 0 fully saturated rings. The van der Waals surface area contributed by atoms with Crippen molar-refractivity contribution in [1.29, 1.82) is 0 Å². The summed E-state index contributed by atoms with van der Waals surface area (Å²) in [6, 6.07) is 8.33. The fraction of sp³-hybridized carbons (Fsp3) is 0.412. The normalized spacial score (nSPS) is 10.7. The van der Waals surface area contributed by atoms with Crippen LogP contribution in [-0.2, 0) is 11.2 Å². The molecule has 0 aliphatic heterocycles. The molecule has 0 N–H and O–H groups in total. The number of thiazole rings is 1. The smallest absolute Gasteiger partial charge is 0.227 e. The lowest BCUT2D eigenvalue weighted by atomic mass is 10.1. The monoisotopic (exact) mass is 302 g/mol. The van der Waals surface area contributed by atoms with Crippen molar-refractivity contribution >= 4 is 17.2 Å². The molecule has 112 valence electrons. The third kappa shape index (κ3) is 3.70. The molecule has 0 aliphatic rings. The van der Waals surface area contributed by atoms with Crippen LogP contribution in [0, 0.1) is 13.8 Å². The molecular formula is C17H22N2OS. The van der Waals surface area contributed by atoms with Gasteiger partial charge in [-0.1, -0.05) is 23.8 Å². The van der Waals surface area contributed by atoms with Crippen LogP contribution in [0.1, 0.15) is 30.0 Å². The van der Waals surface area contributed by atoms with Gasteiger partial charge in [0.1, 0.15) is 5.01 Å². The predicted octanol–water partition coefficient (Wildman–Crippen LogP) is 3.84. The Labute approximate surface area is 130 Å². The summed E-state index contributed by atoms with van der Waals surface area (Å²) in [5.74, 6) is 0.183. The van der Waals surface area contributed by atoms with Crippen molar-refractivity contribution in [3.63, 3.8) is 0 Å². The lowest BCUT2D eigenvalue weighted by Gasteiger charge is -2.18. The summed E-state index contributed by atoms with van der Waals surface area (Å²) in [5.41, 5.74) is 3.32. The maximum absolute atomic E-state index is 12.2. The highest BCUT2D eigenvalue weighted by atomic mass is 32.1. The zero-order valence-electron chi connectivity index (χ0n) is 13.1. The molecule has 0 atom stereocenters. The van der Waals surface area contributed by atoms with E-state index in [0.29, 0.717) is 6.42 Å². The second-order valence-corrected chi connectivity index (χ2v) is 6.22. The van der Waals surface area contributed by atoms with Crippen LogP contribution in [0.5, 0.6) is 0 Å². The maximum atomic E-state index is 12.2. The van der Waals surface area contributed by atoms with Gasteiger partial charge in [-0.05, 0) is 33.8 Å². The van der Waals surface area contributed by atoms with Gasteiger partial charge in [0.05, 0.1) is 12.1 Å². The number of likely N-dealkylation sites (N-methyl/N-ethyl adjacent to an activating group) is 1. The van der Waals surface area contributed by atoms with E-state index in [1.165, 1.54) is 5.56 Å². The lowest BCUT2D eigenvalue weighted by Crippen LogP contribution is -2.31. The fourth-order valence-electron chi connectivity index (χ4n) is 2.32. The molecule has 1 aromatic carbocycles. The molecule has 21 heavy (non-hydrogen) atoms. The minimum Gasteiger partial charge on any atom is -0.343 e. The molecule has 1 heterocycles. The summed E-state index contributed by atoms with van der Waals surface area (Å²) < 4.78 is 0. The summed E-state index contributed by atoms with van der Waals surface area (Å²) >= 11 is 1.63. The minimum atomic E-state index is 0.183. The average Bonchev–Trinajstić information content (AvgIpc) is 2.81. The summed E-state index contributed by atoms with van der Waals surface area (Å²) in [6.45, 7) is 9.61. The van der Waals surface area contributed by atoms with Crippen molar-refractivity contribution < 1.29 is 4.79 Å². The molecule has 4 heteroatoms. The Bertz CT molecular complexity index is 629. The van der Waals surface area contributed by atoms with Gasteiger partial charge in [-0.2, -0.15) is 0 Å². The number of amides is 1. The Morgan fingerprint density at radius 1 is 1.24 bits per heavy atom. The number of hydrogen-bond acceptors (Lipinski definition) is 3. The third-order valence-electron chi connectivity index (χ3n) is 3.59. The van der Waals surface area contributed by atoms with Crippen molar-refractivity contribution in [3.05, 3.63) is 40.4 Å². The molecule has 2 rings (SSSR count). The molecule has 0 unspecified atom stereocenters. The van der Waals surface area contributed by atoms with Gasteiger partial charge in [-0.25, -0.2) is 4.98 Å². The Kier molecular flexibility index (Phi) is 5.12. The highest BCUT2D eigenvalue weighted by Crippen LogP contribution is 2.29. The highest BCUT2D eigenvalue weighted by Gasteiger charge is 2.16. The van der Waals surface area contributed by atoms with Crippen LogP contribution in [0.3, 0.4) is 0 Å². The number of aryl methyl sites for hydroxylation is 2. The molecule has 0 saturated heterocycles. The number of rotatable bonds is 5. The number of nitrogens with zero attached hydrogens (tertiary/aromatic N) is 2. The van der Waals surface area contributed by atoms with Gasteiger partial charge in [0, 0.05) is 23.5 Å². The molecule has 0 bridgehead atoms. The van der Waals surface area contributed by atoms with Crippen LogP contribution in [-0.4, -0.2) is 28.9 Å². The van der Waals surface area contributed by atoms with Crippen molar-refractivity contribution in [2.45, 2.75) is 34.1 Å². The van der Waals surface area contributed by atoms with Crippen molar-refractivity contribution in [3.8, 4) is 10.6 Å². The minimum absolute atomic E-state index is 0.183. The highest BCUT2D eigenvalue weighted by molar-refractivity contribution is 7.15. The topological polar surface area (TPSA) is 33.2 Å². The molecule has 2 aromatic rings. The van der Waals surface area contributed by atoms with Gasteiger partial charge in [0.15, 0.2) is 0 Å². The number of carbonyl (C=O) groups excluding carboxylic acids is 1. The van der Waals surface area contributed by atoms with Gasteiger partial charge >= 0.3 is 0 Å². The first-order valence-corrected chi connectivity index (χ1v) is 8.17. The Morgan fingerprint density at radius 3 is 2.57 bits per heavy atom. The second kappa shape index (κ2) is 6.85. The van der Waals surface area contributed by atoms with Gasteiger partial charge in [-0.3, -0.25) is 4.79 Å². The zero-order valence-corrected chi connectivity index (χ0v) is 14.0. The van der Waals surface area contributed by atoms with E-state index in [4.69, 9.17) is 0 Å². The summed E-state index contributed by atoms with van der Waals surface area (Å²) in [6.07, 6.45) is 0.455. The first kappa shape index (κ1) is 15.7. The fourth-order valence-corrected chi connectivity index (χ4v) is 3.37. The van der Waals surface area contributed by atoms with Crippen LogP contribution in [0.15, 0.2) is 24.3 Å². The van der Waals surface area contributed by atoms with Crippen LogP contribution >= 0.6 is 11.3 Å². The molecule has 1 aromatic heterocycles. The van der Waals surface area contributed by atoms with E-state index in [1.54, 1.807) is 11.3 Å². The van der Waals surface area contributed by atoms with E-state index in [9.17, 15) is 4.79 Å². The molecule has 3 nitrogen and oxygen atoms in total. The van der Waals surface area contributed by atoms with E-state index in [0.717, 1.165) is 34.2 Å². The summed E-state index contributed by atoms with van der Waals surface area (Å²) in [5, 5.41) is 0.999. The largest absolute Gasteiger partial charge is 0.343 e. The van der Waals surface area contributed by atoms with Crippen molar-refractivity contribution in [2.24, 2.45) is 0 Å². The molecule has 0 spiro atoms. The van der Waals surface area contributed by atoms with Crippen LogP contribution in [0.4, 0.5) is 0 Å². The summed E-state index contributed by atoms with van der Waals surface area (Å²) in [4.78, 5) is 19.8. The first-order chi connectivity index (χ1) is 10.0. The van der Waals surface area contributed by atoms with Crippen LogP contribution in [0.25, 0.3) is 10.6 Å². The zero-order chi connectivity index (χ0) is 15.4. The molecule has 1 amide bonds. The van der Waals surface area contributed by atoms with E-state index in [1.807, 2.05) is 31.7 Å². The van der Waals surface area contributed by atoms with Crippen molar-refractivity contribution in [2.75, 3.05) is 13.1 Å². The molecule has 0 aliphatic carbocycles.